The van der Waals surface area contributed by atoms with Gasteiger partial charge in [-0.15, -0.1) is 0 Å². The number of hydrogen-bond acceptors (Lipinski definition) is 2. The molecule has 0 saturated carbocycles. The number of halogens is 1. The van der Waals surface area contributed by atoms with E-state index in [0.29, 0.717) is 17.0 Å². The molecule has 1 aromatic carbocycles. The molecule has 0 unspecified atom stereocenters. The van der Waals surface area contributed by atoms with Crippen molar-refractivity contribution in [3.8, 4) is 0 Å². The van der Waals surface area contributed by atoms with Crippen LogP contribution in [0.2, 0.25) is 5.02 Å². The largest absolute Gasteiger partial charge is 0.480 e. The molecule has 0 bridgehead atoms. The first kappa shape index (κ1) is 15.5. The summed E-state index contributed by atoms with van der Waals surface area (Å²) in [6.07, 6.45) is 0.672. The molecule has 0 fully saturated rings. The molecular weight excluding hydrogens is 266 g/mol. The highest BCUT2D eigenvalue weighted by Crippen LogP contribution is 2.16. The Morgan fingerprint density at radius 2 is 2.05 bits per heavy atom. The highest BCUT2D eigenvalue weighted by molar-refractivity contribution is 6.31. The van der Waals surface area contributed by atoms with Crippen LogP contribution >= 0.6 is 11.6 Å². The molecular formula is C14H18ClNO3. The Hall–Kier alpha value is -1.55. The molecule has 0 aliphatic heterocycles. The molecule has 1 rings (SSSR count). The van der Waals surface area contributed by atoms with Gasteiger partial charge in [0.1, 0.15) is 6.04 Å². The lowest BCUT2D eigenvalue weighted by molar-refractivity contribution is -0.140. The van der Waals surface area contributed by atoms with E-state index in [9.17, 15) is 9.59 Å². The maximum Gasteiger partial charge on any atom is 0.326 e. The summed E-state index contributed by atoms with van der Waals surface area (Å²) in [5, 5.41) is 12.2. The van der Waals surface area contributed by atoms with Crippen molar-refractivity contribution < 1.29 is 14.7 Å². The molecule has 1 aromatic rings. The number of rotatable bonds is 5. The van der Waals surface area contributed by atoms with Gasteiger partial charge in [-0.25, -0.2) is 4.79 Å². The Balaban J connectivity index is 2.94. The van der Waals surface area contributed by atoms with Gasteiger partial charge in [0.15, 0.2) is 0 Å². The van der Waals surface area contributed by atoms with E-state index < -0.39 is 17.9 Å². The van der Waals surface area contributed by atoms with Crippen LogP contribution in [0, 0.1) is 12.8 Å². The van der Waals surface area contributed by atoms with Crippen molar-refractivity contribution in [3.05, 3.63) is 34.3 Å². The summed E-state index contributed by atoms with van der Waals surface area (Å²) in [4.78, 5) is 23.3. The Morgan fingerprint density at radius 1 is 1.42 bits per heavy atom. The van der Waals surface area contributed by atoms with Crippen molar-refractivity contribution in [2.75, 3.05) is 0 Å². The van der Waals surface area contributed by atoms with Crippen LogP contribution in [0.4, 0.5) is 0 Å². The molecule has 0 radical (unpaired) electrons. The molecule has 0 heterocycles. The van der Waals surface area contributed by atoms with Gasteiger partial charge in [-0.05, 0) is 30.5 Å². The van der Waals surface area contributed by atoms with Crippen molar-refractivity contribution in [1.82, 2.24) is 5.32 Å². The fraction of sp³-hybridized carbons (Fsp3) is 0.429. The Kier molecular flexibility index (Phi) is 5.36. The van der Waals surface area contributed by atoms with Gasteiger partial charge in [0.2, 0.25) is 0 Å². The Morgan fingerprint density at radius 3 is 2.58 bits per heavy atom. The first-order valence-electron chi connectivity index (χ1n) is 6.16. The summed E-state index contributed by atoms with van der Waals surface area (Å²) in [5.41, 5.74) is 1.16. The van der Waals surface area contributed by atoms with Gasteiger partial charge in [0, 0.05) is 10.6 Å². The number of hydrogen-bond donors (Lipinski definition) is 2. The molecule has 104 valence electrons. The molecule has 0 aliphatic carbocycles. The van der Waals surface area contributed by atoms with E-state index in [1.807, 2.05) is 6.92 Å². The van der Waals surface area contributed by atoms with E-state index in [0.717, 1.165) is 5.56 Å². The van der Waals surface area contributed by atoms with Crippen molar-refractivity contribution in [1.29, 1.82) is 0 Å². The number of carboxylic acids is 1. The summed E-state index contributed by atoms with van der Waals surface area (Å²) in [7, 11) is 0. The summed E-state index contributed by atoms with van der Waals surface area (Å²) in [6.45, 7) is 5.46. The maximum atomic E-state index is 12.1. The van der Waals surface area contributed by atoms with Crippen molar-refractivity contribution >= 4 is 23.5 Å². The number of nitrogens with one attached hydrogen (secondary N) is 1. The maximum absolute atomic E-state index is 12.1. The minimum atomic E-state index is -1.03. The van der Waals surface area contributed by atoms with Crippen LogP contribution in [0.1, 0.15) is 36.2 Å². The molecule has 2 atom stereocenters. The van der Waals surface area contributed by atoms with Gasteiger partial charge in [-0.1, -0.05) is 37.9 Å². The molecule has 5 heteroatoms. The van der Waals surface area contributed by atoms with Gasteiger partial charge in [-0.3, -0.25) is 4.79 Å². The summed E-state index contributed by atoms with van der Waals surface area (Å²) in [5.74, 6) is -1.57. The average Bonchev–Trinajstić information content (AvgIpc) is 2.37. The minimum Gasteiger partial charge on any atom is -0.480 e. The van der Waals surface area contributed by atoms with Crippen molar-refractivity contribution in [2.45, 2.75) is 33.2 Å². The van der Waals surface area contributed by atoms with Crippen LogP contribution in [0.3, 0.4) is 0 Å². The van der Waals surface area contributed by atoms with Gasteiger partial charge in [0.05, 0.1) is 0 Å². The van der Waals surface area contributed by atoms with Crippen LogP contribution < -0.4 is 5.32 Å². The molecule has 19 heavy (non-hydrogen) atoms. The molecule has 4 nitrogen and oxygen atoms in total. The molecule has 0 aromatic heterocycles. The van der Waals surface area contributed by atoms with Gasteiger partial charge in [-0.2, -0.15) is 0 Å². The zero-order valence-corrected chi connectivity index (χ0v) is 12.0. The molecule has 0 saturated heterocycles. The summed E-state index contributed by atoms with van der Waals surface area (Å²) in [6, 6.07) is 4.07. The topological polar surface area (TPSA) is 66.4 Å². The van der Waals surface area contributed by atoms with Crippen molar-refractivity contribution in [2.24, 2.45) is 5.92 Å². The van der Waals surface area contributed by atoms with E-state index in [4.69, 9.17) is 16.7 Å². The van der Waals surface area contributed by atoms with Gasteiger partial charge >= 0.3 is 5.97 Å². The molecule has 0 spiro atoms. The standard InChI is InChI=1S/C14H18ClNO3/c1-4-8(2)12(14(18)19)16-13(17)11-7-10(15)6-5-9(11)3/h5-8,12H,4H2,1-3H3,(H,16,17)(H,18,19)/t8-,12-/m0/s1. The zero-order chi connectivity index (χ0) is 14.6. The number of amides is 1. The van der Waals surface area contributed by atoms with E-state index in [-0.39, 0.29) is 5.92 Å². The number of carbonyl (C=O) groups is 2. The highest BCUT2D eigenvalue weighted by atomic mass is 35.5. The number of aryl methyl sites for hydroxylation is 1. The van der Waals surface area contributed by atoms with E-state index in [1.54, 1.807) is 32.0 Å². The van der Waals surface area contributed by atoms with Gasteiger partial charge < -0.3 is 10.4 Å². The second-order valence-electron chi connectivity index (χ2n) is 4.63. The quantitative estimate of drug-likeness (QED) is 0.873. The number of carboxylic acid groups (broad SMARTS) is 1. The minimum absolute atomic E-state index is 0.138. The number of benzene rings is 1. The fourth-order valence-corrected chi connectivity index (χ4v) is 1.91. The summed E-state index contributed by atoms with van der Waals surface area (Å²) < 4.78 is 0. The second-order valence-corrected chi connectivity index (χ2v) is 5.07. The number of carbonyl (C=O) groups excluding carboxylic acids is 1. The molecule has 2 N–H and O–H groups in total. The zero-order valence-electron chi connectivity index (χ0n) is 11.2. The van der Waals surface area contributed by atoms with E-state index in [2.05, 4.69) is 5.32 Å². The lowest BCUT2D eigenvalue weighted by Crippen LogP contribution is -2.45. The van der Waals surface area contributed by atoms with Crippen molar-refractivity contribution in [3.63, 3.8) is 0 Å². The first-order chi connectivity index (χ1) is 8.86. The lowest BCUT2D eigenvalue weighted by atomic mass is 9.98. The third-order valence-corrected chi connectivity index (χ3v) is 3.44. The number of aliphatic carboxylic acids is 1. The van der Waals surface area contributed by atoms with Crippen LogP contribution in [-0.4, -0.2) is 23.0 Å². The third kappa shape index (κ3) is 3.96. The van der Waals surface area contributed by atoms with Crippen LogP contribution in [-0.2, 0) is 4.79 Å². The summed E-state index contributed by atoms with van der Waals surface area (Å²) >= 11 is 5.85. The second kappa shape index (κ2) is 6.57. The molecule has 1 amide bonds. The highest BCUT2D eigenvalue weighted by Gasteiger charge is 2.26. The van der Waals surface area contributed by atoms with Crippen LogP contribution in [0.25, 0.3) is 0 Å². The monoisotopic (exact) mass is 283 g/mol. The predicted molar refractivity (Wildman–Crippen MR) is 74.5 cm³/mol. The van der Waals surface area contributed by atoms with Gasteiger partial charge in [0.25, 0.3) is 5.91 Å². The normalized spacial score (nSPS) is 13.7. The van der Waals surface area contributed by atoms with E-state index >= 15 is 0 Å². The first-order valence-corrected chi connectivity index (χ1v) is 6.54. The van der Waals surface area contributed by atoms with E-state index in [1.165, 1.54) is 0 Å². The lowest BCUT2D eigenvalue weighted by Gasteiger charge is -2.20. The van der Waals surface area contributed by atoms with Crippen LogP contribution in [0.5, 0.6) is 0 Å². The SMILES string of the molecule is CC[C@H](C)[C@H](NC(=O)c1cc(Cl)ccc1C)C(=O)O. The van der Waals surface area contributed by atoms with Crippen LogP contribution in [0.15, 0.2) is 18.2 Å². The molecule has 0 aliphatic rings. The Labute approximate surface area is 117 Å². The predicted octanol–water partition coefficient (Wildman–Crippen LogP) is 2.88. The third-order valence-electron chi connectivity index (χ3n) is 3.21. The fourth-order valence-electron chi connectivity index (χ4n) is 1.74. The average molecular weight is 284 g/mol. The smallest absolute Gasteiger partial charge is 0.326 e. The Bertz CT molecular complexity index is 488.